The van der Waals surface area contributed by atoms with Gasteiger partial charge in [-0.25, -0.2) is 4.79 Å². The number of rotatable bonds is 6. The van der Waals surface area contributed by atoms with E-state index in [-0.39, 0.29) is 11.8 Å². The number of hydrogen-bond donors (Lipinski definition) is 2. The Morgan fingerprint density at radius 3 is 2.42 bits per heavy atom. The van der Waals surface area contributed by atoms with Crippen molar-refractivity contribution in [3.63, 3.8) is 0 Å². The van der Waals surface area contributed by atoms with E-state index in [1.165, 1.54) is 25.2 Å². The Morgan fingerprint density at radius 1 is 1.15 bits per heavy atom. The first-order valence-electron chi connectivity index (χ1n) is 8.19. The van der Waals surface area contributed by atoms with E-state index in [2.05, 4.69) is 10.6 Å². The SMILES string of the molecule is CC(=O)Nc1sc(C)c(C)c1C(=O)O[C@H](C)C(=O)NCc1ccccc1. The summed E-state index contributed by atoms with van der Waals surface area (Å²) in [5.41, 5.74) is 1.99. The molecular formula is C19H22N2O4S. The highest BCUT2D eigenvalue weighted by Gasteiger charge is 2.25. The minimum absolute atomic E-state index is 0.269. The first-order valence-corrected chi connectivity index (χ1v) is 9.01. The van der Waals surface area contributed by atoms with Crippen molar-refractivity contribution in [1.29, 1.82) is 0 Å². The van der Waals surface area contributed by atoms with Gasteiger partial charge in [-0.15, -0.1) is 11.3 Å². The fourth-order valence-corrected chi connectivity index (χ4v) is 3.42. The maximum absolute atomic E-state index is 12.5. The van der Waals surface area contributed by atoms with Crippen LogP contribution in [0.2, 0.25) is 0 Å². The summed E-state index contributed by atoms with van der Waals surface area (Å²) >= 11 is 1.31. The van der Waals surface area contributed by atoms with Crippen molar-refractivity contribution in [2.75, 3.05) is 5.32 Å². The van der Waals surface area contributed by atoms with Gasteiger partial charge in [-0.1, -0.05) is 30.3 Å². The van der Waals surface area contributed by atoms with E-state index in [1.807, 2.05) is 37.3 Å². The molecule has 138 valence electrons. The average molecular weight is 374 g/mol. The minimum atomic E-state index is -0.948. The van der Waals surface area contributed by atoms with Crippen LogP contribution in [0.4, 0.5) is 5.00 Å². The standard InChI is InChI=1S/C19H22N2O4S/c1-11-13(3)26-18(21-14(4)22)16(11)19(24)25-12(2)17(23)20-10-15-8-6-5-7-9-15/h5-9,12H,10H2,1-4H3,(H,20,23)(H,21,22)/t12-/m1/s1. The van der Waals surface area contributed by atoms with E-state index < -0.39 is 12.1 Å². The number of anilines is 1. The quantitative estimate of drug-likeness (QED) is 0.761. The van der Waals surface area contributed by atoms with Gasteiger partial charge in [0, 0.05) is 18.3 Å². The van der Waals surface area contributed by atoms with E-state index in [0.717, 1.165) is 16.0 Å². The van der Waals surface area contributed by atoms with Crippen LogP contribution in [0.3, 0.4) is 0 Å². The Bertz CT molecular complexity index is 814. The summed E-state index contributed by atoms with van der Waals surface area (Å²) in [7, 11) is 0. The van der Waals surface area contributed by atoms with E-state index >= 15 is 0 Å². The lowest BCUT2D eigenvalue weighted by Gasteiger charge is -2.14. The summed E-state index contributed by atoms with van der Waals surface area (Å²) in [5.74, 6) is -1.28. The number of aryl methyl sites for hydroxylation is 1. The maximum atomic E-state index is 12.5. The molecule has 0 aliphatic rings. The van der Waals surface area contributed by atoms with Crippen LogP contribution in [0.15, 0.2) is 30.3 Å². The second-order valence-electron chi connectivity index (χ2n) is 5.92. The van der Waals surface area contributed by atoms with Crippen molar-refractivity contribution in [2.45, 2.75) is 40.3 Å². The molecule has 0 fully saturated rings. The summed E-state index contributed by atoms with van der Waals surface area (Å²) in [6.07, 6.45) is -0.948. The molecule has 26 heavy (non-hydrogen) atoms. The van der Waals surface area contributed by atoms with Crippen LogP contribution >= 0.6 is 11.3 Å². The molecule has 0 radical (unpaired) electrons. The molecule has 6 nitrogen and oxygen atoms in total. The Morgan fingerprint density at radius 2 is 1.81 bits per heavy atom. The van der Waals surface area contributed by atoms with Crippen LogP contribution in [0.5, 0.6) is 0 Å². The Hall–Kier alpha value is -2.67. The zero-order chi connectivity index (χ0) is 19.3. The van der Waals surface area contributed by atoms with Crippen molar-refractivity contribution in [1.82, 2.24) is 5.32 Å². The fraction of sp³-hybridized carbons (Fsp3) is 0.316. The molecule has 0 saturated carbocycles. The first kappa shape index (κ1) is 19.7. The largest absolute Gasteiger partial charge is 0.449 e. The van der Waals surface area contributed by atoms with E-state index in [9.17, 15) is 14.4 Å². The maximum Gasteiger partial charge on any atom is 0.342 e. The van der Waals surface area contributed by atoms with Gasteiger partial charge >= 0.3 is 5.97 Å². The molecule has 0 spiro atoms. The molecule has 2 N–H and O–H groups in total. The highest BCUT2D eigenvalue weighted by atomic mass is 32.1. The van der Waals surface area contributed by atoms with Gasteiger partial charge in [-0.05, 0) is 31.9 Å². The summed E-state index contributed by atoms with van der Waals surface area (Å²) in [6.45, 7) is 6.89. The van der Waals surface area contributed by atoms with E-state index in [4.69, 9.17) is 4.74 Å². The van der Waals surface area contributed by atoms with Crippen LogP contribution in [-0.2, 0) is 20.9 Å². The fourth-order valence-electron chi connectivity index (χ4n) is 2.32. The molecular weight excluding hydrogens is 352 g/mol. The zero-order valence-electron chi connectivity index (χ0n) is 15.2. The van der Waals surface area contributed by atoms with Gasteiger partial charge < -0.3 is 15.4 Å². The predicted molar refractivity (Wildman–Crippen MR) is 101 cm³/mol. The van der Waals surface area contributed by atoms with Crippen LogP contribution in [0.1, 0.15) is 40.2 Å². The molecule has 1 atom stereocenters. The molecule has 0 aliphatic heterocycles. The number of carbonyl (C=O) groups excluding carboxylic acids is 3. The van der Waals surface area contributed by atoms with Crippen molar-refractivity contribution in [3.8, 4) is 0 Å². The monoisotopic (exact) mass is 374 g/mol. The lowest BCUT2D eigenvalue weighted by Crippen LogP contribution is -2.35. The van der Waals surface area contributed by atoms with Gasteiger partial charge in [0.1, 0.15) is 5.00 Å². The molecule has 1 aromatic heterocycles. The van der Waals surface area contributed by atoms with Gasteiger partial charge in [0.2, 0.25) is 5.91 Å². The van der Waals surface area contributed by atoms with Gasteiger partial charge in [0.15, 0.2) is 6.10 Å². The van der Waals surface area contributed by atoms with Crippen molar-refractivity contribution in [2.24, 2.45) is 0 Å². The molecule has 0 bridgehead atoms. The third kappa shape index (κ3) is 4.92. The van der Waals surface area contributed by atoms with Gasteiger partial charge in [0.05, 0.1) is 5.56 Å². The van der Waals surface area contributed by atoms with Crippen molar-refractivity contribution >= 4 is 34.1 Å². The molecule has 2 amide bonds. The second kappa shape index (κ2) is 8.62. The van der Waals surface area contributed by atoms with E-state index in [0.29, 0.717) is 17.1 Å². The van der Waals surface area contributed by atoms with Crippen LogP contribution in [0, 0.1) is 13.8 Å². The highest BCUT2D eigenvalue weighted by molar-refractivity contribution is 7.16. The number of benzene rings is 1. The van der Waals surface area contributed by atoms with Crippen molar-refractivity contribution < 1.29 is 19.1 Å². The number of esters is 1. The molecule has 7 heteroatoms. The summed E-state index contributed by atoms with van der Waals surface area (Å²) < 4.78 is 5.31. The minimum Gasteiger partial charge on any atom is -0.449 e. The Balaban J connectivity index is 2.02. The van der Waals surface area contributed by atoms with Gasteiger partial charge in [-0.3, -0.25) is 9.59 Å². The normalized spacial score (nSPS) is 11.5. The second-order valence-corrected chi connectivity index (χ2v) is 7.14. The topological polar surface area (TPSA) is 84.5 Å². The molecule has 2 rings (SSSR count). The molecule has 0 aliphatic carbocycles. The lowest BCUT2D eigenvalue weighted by molar-refractivity contribution is -0.129. The smallest absolute Gasteiger partial charge is 0.342 e. The van der Waals surface area contributed by atoms with Crippen LogP contribution in [-0.4, -0.2) is 23.9 Å². The Labute approximate surface area is 156 Å². The van der Waals surface area contributed by atoms with Crippen molar-refractivity contribution in [3.05, 3.63) is 51.9 Å². The molecule has 1 aromatic carbocycles. The summed E-state index contributed by atoms with van der Waals surface area (Å²) in [5, 5.41) is 5.82. The molecule has 2 aromatic rings. The number of ether oxygens (including phenoxy) is 1. The number of carbonyl (C=O) groups is 3. The lowest BCUT2D eigenvalue weighted by atomic mass is 10.1. The third-order valence-corrected chi connectivity index (χ3v) is 4.96. The Kier molecular flexibility index (Phi) is 6.52. The molecule has 1 heterocycles. The van der Waals surface area contributed by atoms with Crippen LogP contribution in [0.25, 0.3) is 0 Å². The van der Waals surface area contributed by atoms with Crippen LogP contribution < -0.4 is 10.6 Å². The summed E-state index contributed by atoms with van der Waals surface area (Å²) in [4.78, 5) is 36.9. The highest BCUT2D eigenvalue weighted by Crippen LogP contribution is 2.33. The number of amides is 2. The molecule has 0 unspecified atom stereocenters. The van der Waals surface area contributed by atoms with Gasteiger partial charge in [-0.2, -0.15) is 0 Å². The average Bonchev–Trinajstić information content (AvgIpc) is 2.86. The zero-order valence-corrected chi connectivity index (χ0v) is 16.0. The number of nitrogens with one attached hydrogen (secondary N) is 2. The number of thiophene rings is 1. The predicted octanol–water partition coefficient (Wildman–Crippen LogP) is 3.19. The van der Waals surface area contributed by atoms with Gasteiger partial charge in [0.25, 0.3) is 5.91 Å². The summed E-state index contributed by atoms with van der Waals surface area (Å²) in [6, 6.07) is 9.46. The third-order valence-electron chi connectivity index (χ3n) is 3.84. The number of hydrogen-bond acceptors (Lipinski definition) is 5. The first-order chi connectivity index (χ1) is 12.3. The molecule has 0 saturated heterocycles. The van der Waals surface area contributed by atoms with E-state index in [1.54, 1.807) is 6.92 Å².